The molecule has 172 valence electrons. The Hall–Kier alpha value is -3.46. The van der Waals surface area contributed by atoms with Crippen LogP contribution >= 0.6 is 11.3 Å². The molecular weight excluding hydrogens is 440 g/mol. The number of aromatic nitrogens is 2. The fourth-order valence-electron chi connectivity index (χ4n) is 3.73. The SMILES string of the molecule is CCOc1ccc(C(=O)Nc2nnc(C3CC(=O)N(c4cccc(C)c4)C3)s2)cc1OCC. The highest BCUT2D eigenvalue weighted by molar-refractivity contribution is 7.15. The molecule has 1 atom stereocenters. The van der Waals surface area contributed by atoms with E-state index in [0.717, 1.165) is 16.3 Å². The summed E-state index contributed by atoms with van der Waals surface area (Å²) in [4.78, 5) is 27.1. The Kier molecular flexibility index (Phi) is 6.88. The minimum absolute atomic E-state index is 0.0591. The van der Waals surface area contributed by atoms with Gasteiger partial charge < -0.3 is 14.4 Å². The van der Waals surface area contributed by atoms with Gasteiger partial charge in [0.1, 0.15) is 5.01 Å². The molecule has 0 bridgehead atoms. The van der Waals surface area contributed by atoms with Crippen molar-refractivity contribution in [3.05, 3.63) is 58.6 Å². The van der Waals surface area contributed by atoms with Gasteiger partial charge in [-0.05, 0) is 56.7 Å². The van der Waals surface area contributed by atoms with Crippen LogP contribution in [0.1, 0.15) is 47.1 Å². The quantitative estimate of drug-likeness (QED) is 0.528. The zero-order chi connectivity index (χ0) is 23.4. The molecule has 4 rings (SSSR count). The second-order valence-corrected chi connectivity index (χ2v) is 8.68. The van der Waals surface area contributed by atoms with Crippen LogP contribution in [0.25, 0.3) is 0 Å². The number of amides is 2. The van der Waals surface area contributed by atoms with Crippen molar-refractivity contribution in [1.29, 1.82) is 0 Å². The van der Waals surface area contributed by atoms with Crippen LogP contribution in [0, 0.1) is 6.92 Å². The van der Waals surface area contributed by atoms with Crippen molar-refractivity contribution in [1.82, 2.24) is 10.2 Å². The summed E-state index contributed by atoms with van der Waals surface area (Å²) in [5.74, 6) is 0.801. The van der Waals surface area contributed by atoms with Crippen molar-refractivity contribution in [3.63, 3.8) is 0 Å². The van der Waals surface area contributed by atoms with E-state index < -0.39 is 0 Å². The van der Waals surface area contributed by atoms with Crippen molar-refractivity contribution in [2.24, 2.45) is 0 Å². The van der Waals surface area contributed by atoms with Crippen molar-refractivity contribution in [2.75, 3.05) is 30.0 Å². The zero-order valence-electron chi connectivity index (χ0n) is 18.8. The van der Waals surface area contributed by atoms with Gasteiger partial charge >= 0.3 is 0 Å². The van der Waals surface area contributed by atoms with Gasteiger partial charge in [0.15, 0.2) is 11.5 Å². The van der Waals surface area contributed by atoms with Gasteiger partial charge in [-0.25, -0.2) is 0 Å². The first-order chi connectivity index (χ1) is 16.0. The molecule has 1 unspecified atom stereocenters. The Morgan fingerprint density at radius 2 is 1.91 bits per heavy atom. The highest BCUT2D eigenvalue weighted by Crippen LogP contribution is 2.35. The van der Waals surface area contributed by atoms with E-state index in [9.17, 15) is 9.59 Å². The fourth-order valence-corrected chi connectivity index (χ4v) is 4.56. The predicted molar refractivity (Wildman–Crippen MR) is 128 cm³/mol. The maximum Gasteiger partial charge on any atom is 0.257 e. The molecule has 2 amide bonds. The third-order valence-corrected chi connectivity index (χ3v) is 6.26. The summed E-state index contributed by atoms with van der Waals surface area (Å²) >= 11 is 1.29. The van der Waals surface area contributed by atoms with Crippen LogP contribution < -0.4 is 19.7 Å². The van der Waals surface area contributed by atoms with Crippen LogP contribution in [-0.2, 0) is 4.79 Å². The maximum atomic E-state index is 12.8. The molecule has 9 heteroatoms. The lowest BCUT2D eigenvalue weighted by Gasteiger charge is -2.16. The van der Waals surface area contributed by atoms with E-state index in [0.29, 0.717) is 48.4 Å². The summed E-state index contributed by atoms with van der Waals surface area (Å²) in [6.45, 7) is 7.28. The van der Waals surface area contributed by atoms with Crippen LogP contribution in [0.15, 0.2) is 42.5 Å². The third kappa shape index (κ3) is 5.14. The van der Waals surface area contributed by atoms with Crippen molar-refractivity contribution in [2.45, 2.75) is 33.1 Å². The molecule has 2 aromatic carbocycles. The molecule has 1 aromatic heterocycles. The minimum atomic E-state index is -0.314. The standard InChI is InChI=1S/C24H26N4O4S/c1-4-31-19-10-9-16(12-20(19)32-5-2)22(30)25-24-27-26-23(33-24)17-13-21(29)28(14-17)18-8-6-7-15(3)11-18/h6-12,17H,4-5,13-14H2,1-3H3,(H,25,27,30). The molecule has 8 nitrogen and oxygen atoms in total. The number of hydrogen-bond donors (Lipinski definition) is 1. The van der Waals surface area contributed by atoms with E-state index in [4.69, 9.17) is 9.47 Å². The molecule has 0 radical (unpaired) electrons. The molecule has 1 aliphatic rings. The lowest BCUT2D eigenvalue weighted by atomic mass is 10.1. The predicted octanol–water partition coefficient (Wildman–Crippen LogP) is 4.42. The molecular formula is C24H26N4O4S. The Bertz CT molecular complexity index is 1160. The molecule has 0 spiro atoms. The number of hydrogen-bond acceptors (Lipinski definition) is 7. The highest BCUT2D eigenvalue weighted by atomic mass is 32.1. The molecule has 0 saturated carbocycles. The average molecular weight is 467 g/mol. The molecule has 3 aromatic rings. The van der Waals surface area contributed by atoms with E-state index in [1.165, 1.54) is 11.3 Å². The molecule has 1 fully saturated rings. The van der Waals surface area contributed by atoms with Crippen LogP contribution in [-0.4, -0.2) is 41.8 Å². The van der Waals surface area contributed by atoms with Crippen LogP contribution in [0.2, 0.25) is 0 Å². The minimum Gasteiger partial charge on any atom is -0.490 e. The van der Waals surface area contributed by atoms with Crippen molar-refractivity contribution in [3.8, 4) is 11.5 Å². The van der Waals surface area contributed by atoms with Gasteiger partial charge in [0.05, 0.1) is 13.2 Å². The largest absolute Gasteiger partial charge is 0.490 e. The Balaban J connectivity index is 1.44. The monoisotopic (exact) mass is 466 g/mol. The normalized spacial score (nSPS) is 15.5. The molecule has 1 N–H and O–H groups in total. The van der Waals surface area contributed by atoms with Gasteiger partial charge in [-0.15, -0.1) is 10.2 Å². The summed E-state index contributed by atoms with van der Waals surface area (Å²) in [7, 11) is 0. The molecule has 1 aliphatic heterocycles. The summed E-state index contributed by atoms with van der Waals surface area (Å²) in [5.41, 5.74) is 2.42. The number of nitrogens with one attached hydrogen (secondary N) is 1. The highest BCUT2D eigenvalue weighted by Gasteiger charge is 2.34. The summed E-state index contributed by atoms with van der Waals surface area (Å²) < 4.78 is 11.1. The van der Waals surface area contributed by atoms with E-state index >= 15 is 0 Å². The number of carbonyl (C=O) groups excluding carboxylic acids is 2. The first kappa shape index (κ1) is 22.7. The van der Waals surface area contributed by atoms with Crippen LogP contribution in [0.4, 0.5) is 10.8 Å². The molecule has 0 aliphatic carbocycles. The lowest BCUT2D eigenvalue weighted by Crippen LogP contribution is -2.24. The summed E-state index contributed by atoms with van der Waals surface area (Å²) in [5, 5.41) is 12.3. The first-order valence-electron chi connectivity index (χ1n) is 10.9. The molecule has 33 heavy (non-hydrogen) atoms. The van der Waals surface area contributed by atoms with E-state index in [1.807, 2.05) is 45.0 Å². The Morgan fingerprint density at radius 1 is 1.12 bits per heavy atom. The lowest BCUT2D eigenvalue weighted by molar-refractivity contribution is -0.117. The van der Waals surface area contributed by atoms with E-state index in [1.54, 1.807) is 23.1 Å². The number of ether oxygens (including phenoxy) is 2. The first-order valence-corrected chi connectivity index (χ1v) is 11.7. The second-order valence-electron chi connectivity index (χ2n) is 7.67. The molecule has 1 saturated heterocycles. The van der Waals surface area contributed by atoms with Gasteiger partial charge in [-0.3, -0.25) is 14.9 Å². The van der Waals surface area contributed by atoms with Gasteiger partial charge in [0.25, 0.3) is 5.91 Å². The number of benzene rings is 2. The Labute approximate surface area is 196 Å². The Morgan fingerprint density at radius 3 is 2.67 bits per heavy atom. The number of anilines is 2. The summed E-state index contributed by atoms with van der Waals surface area (Å²) in [6, 6.07) is 12.9. The van der Waals surface area contributed by atoms with Crippen LogP contribution in [0.3, 0.4) is 0 Å². The average Bonchev–Trinajstić information content (AvgIpc) is 3.41. The number of carbonyl (C=O) groups is 2. The second kappa shape index (κ2) is 9.99. The van der Waals surface area contributed by atoms with Gasteiger partial charge in [-0.2, -0.15) is 0 Å². The van der Waals surface area contributed by atoms with E-state index in [2.05, 4.69) is 15.5 Å². The number of aryl methyl sites for hydroxylation is 1. The fraction of sp³-hybridized carbons (Fsp3) is 0.333. The number of rotatable bonds is 8. The van der Waals surface area contributed by atoms with Gasteiger partial charge in [0, 0.05) is 30.1 Å². The molecule has 2 heterocycles. The van der Waals surface area contributed by atoms with Crippen LogP contribution in [0.5, 0.6) is 11.5 Å². The van der Waals surface area contributed by atoms with Gasteiger partial charge in [-0.1, -0.05) is 23.5 Å². The zero-order valence-corrected chi connectivity index (χ0v) is 19.6. The smallest absolute Gasteiger partial charge is 0.257 e. The van der Waals surface area contributed by atoms with Gasteiger partial charge in [0.2, 0.25) is 11.0 Å². The van der Waals surface area contributed by atoms with Crippen molar-refractivity contribution < 1.29 is 19.1 Å². The van der Waals surface area contributed by atoms with E-state index in [-0.39, 0.29) is 17.7 Å². The van der Waals surface area contributed by atoms with Crippen molar-refractivity contribution >= 4 is 34.0 Å². The third-order valence-electron chi connectivity index (χ3n) is 5.25. The maximum absolute atomic E-state index is 12.8. The topological polar surface area (TPSA) is 93.7 Å². The number of nitrogens with zero attached hydrogens (tertiary/aromatic N) is 3. The summed E-state index contributed by atoms with van der Waals surface area (Å²) in [6.07, 6.45) is 0.368.